The number of nitrogens with zero attached hydrogens (tertiary/aromatic N) is 2. The number of carbonyl (C=O) groups is 2. The van der Waals surface area contributed by atoms with Gasteiger partial charge >= 0.3 is 0 Å². The Hall–Kier alpha value is -2.86. The molecule has 6 nitrogen and oxygen atoms in total. The van der Waals surface area contributed by atoms with Crippen LogP contribution >= 0.6 is 0 Å². The molecule has 158 valence electrons. The number of amides is 2. The van der Waals surface area contributed by atoms with E-state index in [1.165, 1.54) is 0 Å². The molecular weight excluding hydrogens is 378 g/mol. The van der Waals surface area contributed by atoms with Gasteiger partial charge in [-0.05, 0) is 62.2 Å². The molecule has 0 bridgehead atoms. The maximum absolute atomic E-state index is 13.0. The smallest absolute Gasteiger partial charge is 0.253 e. The summed E-state index contributed by atoms with van der Waals surface area (Å²) in [6, 6.07) is 16.0. The van der Waals surface area contributed by atoms with Gasteiger partial charge in [0.15, 0.2) is 0 Å². The molecule has 1 saturated heterocycles. The number of aryl methyl sites for hydroxylation is 1. The molecule has 0 radical (unpaired) electrons. The fraction of sp³-hybridized carbons (Fsp3) is 0.417. The Morgan fingerprint density at radius 3 is 2.67 bits per heavy atom. The zero-order valence-electron chi connectivity index (χ0n) is 17.5. The summed E-state index contributed by atoms with van der Waals surface area (Å²) in [5.41, 5.74) is 2.60. The second-order valence-corrected chi connectivity index (χ2v) is 8.09. The van der Waals surface area contributed by atoms with E-state index in [9.17, 15) is 9.59 Å². The van der Waals surface area contributed by atoms with Crippen molar-refractivity contribution in [2.45, 2.75) is 31.7 Å². The number of likely N-dealkylation sites (tertiary alicyclic amines) is 1. The third-order valence-electron chi connectivity index (χ3n) is 6.08. The van der Waals surface area contributed by atoms with E-state index in [-0.39, 0.29) is 11.8 Å². The standard InChI is InChI=1S/C24H29N3O3/c1-26(15-16-30-21-5-3-2-4-6-21)20-11-13-27(14-12-20)24(29)19-7-9-22-18(17-19)8-10-23(28)25-22/h2-7,9,17,20H,8,10-16H2,1H3,(H,25,28). The van der Waals surface area contributed by atoms with E-state index in [2.05, 4.69) is 17.3 Å². The molecule has 0 aliphatic carbocycles. The molecule has 2 aromatic carbocycles. The highest BCUT2D eigenvalue weighted by Crippen LogP contribution is 2.25. The highest BCUT2D eigenvalue weighted by Gasteiger charge is 2.26. The first-order valence-electron chi connectivity index (χ1n) is 10.7. The Bertz CT molecular complexity index is 892. The number of likely N-dealkylation sites (N-methyl/N-ethyl adjacent to an activating group) is 1. The molecule has 1 fully saturated rings. The number of hydrogen-bond donors (Lipinski definition) is 1. The van der Waals surface area contributed by atoms with E-state index in [0.29, 0.717) is 31.1 Å². The summed E-state index contributed by atoms with van der Waals surface area (Å²) in [5.74, 6) is 1.03. The molecule has 0 spiro atoms. The van der Waals surface area contributed by atoms with Crippen LogP contribution in [-0.4, -0.2) is 60.9 Å². The average Bonchev–Trinajstić information content (AvgIpc) is 2.79. The summed E-state index contributed by atoms with van der Waals surface area (Å²) < 4.78 is 5.80. The van der Waals surface area contributed by atoms with Crippen LogP contribution in [0.4, 0.5) is 5.69 Å². The zero-order chi connectivity index (χ0) is 20.9. The molecule has 2 aliphatic rings. The number of ether oxygens (including phenoxy) is 1. The lowest BCUT2D eigenvalue weighted by molar-refractivity contribution is -0.116. The number of piperidine rings is 1. The minimum Gasteiger partial charge on any atom is -0.492 e. The van der Waals surface area contributed by atoms with E-state index in [1.54, 1.807) is 0 Å². The first kappa shape index (κ1) is 20.4. The van der Waals surface area contributed by atoms with E-state index in [0.717, 1.165) is 49.5 Å². The van der Waals surface area contributed by atoms with Crippen LogP contribution in [-0.2, 0) is 11.2 Å². The van der Waals surface area contributed by atoms with Crippen molar-refractivity contribution in [3.8, 4) is 5.75 Å². The fourth-order valence-electron chi connectivity index (χ4n) is 4.22. The number of para-hydroxylation sites is 1. The molecule has 0 unspecified atom stereocenters. The summed E-state index contributed by atoms with van der Waals surface area (Å²) in [6.45, 7) is 3.05. The molecule has 2 aliphatic heterocycles. The minimum atomic E-state index is 0.0435. The molecular formula is C24H29N3O3. The molecule has 2 heterocycles. The summed E-state index contributed by atoms with van der Waals surface area (Å²) in [4.78, 5) is 28.8. The van der Waals surface area contributed by atoms with Crippen LogP contribution < -0.4 is 10.1 Å². The van der Waals surface area contributed by atoms with Crippen molar-refractivity contribution >= 4 is 17.5 Å². The Morgan fingerprint density at radius 2 is 1.90 bits per heavy atom. The summed E-state index contributed by atoms with van der Waals surface area (Å²) in [6.07, 6.45) is 3.11. The zero-order valence-corrected chi connectivity index (χ0v) is 17.5. The van der Waals surface area contributed by atoms with Gasteiger partial charge in [-0.15, -0.1) is 0 Å². The van der Waals surface area contributed by atoms with E-state index < -0.39 is 0 Å². The van der Waals surface area contributed by atoms with Gasteiger partial charge in [-0.25, -0.2) is 0 Å². The molecule has 30 heavy (non-hydrogen) atoms. The molecule has 0 aromatic heterocycles. The van der Waals surface area contributed by atoms with Crippen LogP contribution in [0.1, 0.15) is 35.2 Å². The number of anilines is 1. The molecule has 0 saturated carbocycles. The van der Waals surface area contributed by atoms with Crippen LogP contribution in [0, 0.1) is 0 Å². The molecule has 2 amide bonds. The number of nitrogens with one attached hydrogen (secondary N) is 1. The highest BCUT2D eigenvalue weighted by molar-refractivity contribution is 5.98. The Morgan fingerprint density at radius 1 is 1.13 bits per heavy atom. The maximum atomic E-state index is 13.0. The van der Waals surface area contributed by atoms with Gasteiger partial charge < -0.3 is 15.0 Å². The normalized spacial score (nSPS) is 16.9. The van der Waals surface area contributed by atoms with Gasteiger partial charge in [0, 0.05) is 43.3 Å². The third kappa shape index (κ3) is 4.82. The van der Waals surface area contributed by atoms with Crippen molar-refractivity contribution in [2.24, 2.45) is 0 Å². The Labute approximate surface area is 177 Å². The van der Waals surface area contributed by atoms with E-state index in [1.807, 2.05) is 53.4 Å². The van der Waals surface area contributed by atoms with Crippen molar-refractivity contribution in [1.82, 2.24) is 9.80 Å². The van der Waals surface area contributed by atoms with Gasteiger partial charge in [-0.2, -0.15) is 0 Å². The minimum absolute atomic E-state index is 0.0435. The lowest BCUT2D eigenvalue weighted by atomic mass is 9.98. The third-order valence-corrected chi connectivity index (χ3v) is 6.08. The molecule has 0 atom stereocenters. The number of rotatable bonds is 6. The first-order chi connectivity index (χ1) is 14.6. The summed E-state index contributed by atoms with van der Waals surface area (Å²) in [7, 11) is 2.13. The van der Waals surface area contributed by atoms with Gasteiger partial charge in [-0.3, -0.25) is 14.5 Å². The average molecular weight is 408 g/mol. The van der Waals surface area contributed by atoms with E-state index in [4.69, 9.17) is 4.74 Å². The summed E-state index contributed by atoms with van der Waals surface area (Å²) >= 11 is 0. The molecule has 6 heteroatoms. The van der Waals surface area contributed by atoms with Crippen LogP contribution in [0.15, 0.2) is 48.5 Å². The second-order valence-electron chi connectivity index (χ2n) is 8.09. The van der Waals surface area contributed by atoms with Crippen molar-refractivity contribution in [2.75, 3.05) is 38.6 Å². The first-order valence-corrected chi connectivity index (χ1v) is 10.7. The topological polar surface area (TPSA) is 61.9 Å². The number of fused-ring (bicyclic) bond motifs is 1. The number of benzene rings is 2. The number of hydrogen-bond acceptors (Lipinski definition) is 4. The number of carbonyl (C=O) groups excluding carboxylic acids is 2. The van der Waals surface area contributed by atoms with Crippen molar-refractivity contribution in [3.05, 3.63) is 59.7 Å². The molecule has 2 aromatic rings. The fourth-order valence-corrected chi connectivity index (χ4v) is 4.22. The van der Waals surface area contributed by atoms with Crippen LogP contribution in [0.25, 0.3) is 0 Å². The molecule has 1 N–H and O–H groups in total. The van der Waals surface area contributed by atoms with Crippen LogP contribution in [0.2, 0.25) is 0 Å². The maximum Gasteiger partial charge on any atom is 0.253 e. The predicted octanol–water partition coefficient (Wildman–Crippen LogP) is 3.19. The molecule has 4 rings (SSSR count). The largest absolute Gasteiger partial charge is 0.492 e. The van der Waals surface area contributed by atoms with Crippen LogP contribution in [0.5, 0.6) is 5.75 Å². The van der Waals surface area contributed by atoms with Gasteiger partial charge in [0.1, 0.15) is 12.4 Å². The Kier molecular flexibility index (Phi) is 6.33. The van der Waals surface area contributed by atoms with Crippen molar-refractivity contribution < 1.29 is 14.3 Å². The van der Waals surface area contributed by atoms with Gasteiger partial charge in [0.2, 0.25) is 5.91 Å². The Balaban J connectivity index is 1.25. The lowest BCUT2D eigenvalue weighted by Crippen LogP contribution is -2.46. The SMILES string of the molecule is CN(CCOc1ccccc1)C1CCN(C(=O)c2ccc3c(c2)CCC(=O)N3)CC1. The van der Waals surface area contributed by atoms with Crippen molar-refractivity contribution in [3.63, 3.8) is 0 Å². The van der Waals surface area contributed by atoms with Crippen LogP contribution in [0.3, 0.4) is 0 Å². The monoisotopic (exact) mass is 407 g/mol. The lowest BCUT2D eigenvalue weighted by Gasteiger charge is -2.36. The van der Waals surface area contributed by atoms with Crippen molar-refractivity contribution in [1.29, 1.82) is 0 Å². The van der Waals surface area contributed by atoms with Gasteiger partial charge in [0.25, 0.3) is 5.91 Å². The van der Waals surface area contributed by atoms with E-state index >= 15 is 0 Å². The quantitative estimate of drug-likeness (QED) is 0.799. The van der Waals surface area contributed by atoms with Gasteiger partial charge in [-0.1, -0.05) is 18.2 Å². The van der Waals surface area contributed by atoms with Gasteiger partial charge in [0.05, 0.1) is 0 Å². The second kappa shape index (κ2) is 9.30. The highest BCUT2D eigenvalue weighted by atomic mass is 16.5. The predicted molar refractivity (Wildman–Crippen MR) is 117 cm³/mol. The summed E-state index contributed by atoms with van der Waals surface area (Å²) in [5, 5.41) is 2.87.